The van der Waals surface area contributed by atoms with Crippen LogP contribution >= 0.6 is 0 Å². The predicted octanol–water partition coefficient (Wildman–Crippen LogP) is 2.51. The van der Waals surface area contributed by atoms with Crippen LogP contribution in [0.4, 0.5) is 0 Å². The van der Waals surface area contributed by atoms with Gasteiger partial charge in [0.25, 0.3) is 0 Å². The molecule has 0 amide bonds. The number of carbonyl (C=O) groups is 2. The Kier molecular flexibility index (Phi) is 2.99. The summed E-state index contributed by atoms with van der Waals surface area (Å²) >= 11 is 0. The van der Waals surface area contributed by atoms with E-state index in [1.165, 1.54) is 12.8 Å². The predicted molar refractivity (Wildman–Crippen MR) is 53.9 cm³/mol. The minimum Gasteiger partial charge on any atom is -0.300 e. The molecular weight excluding hydrogens is 176 g/mol. The molecule has 0 heterocycles. The molecule has 0 spiro atoms. The van der Waals surface area contributed by atoms with E-state index in [9.17, 15) is 9.59 Å². The summed E-state index contributed by atoms with van der Waals surface area (Å²) < 4.78 is 0. The van der Waals surface area contributed by atoms with E-state index in [0.717, 1.165) is 25.7 Å². The molecule has 0 saturated heterocycles. The summed E-state index contributed by atoms with van der Waals surface area (Å²) in [5.41, 5.74) is 0. The molecule has 2 aliphatic rings. The molecule has 0 atom stereocenters. The highest BCUT2D eigenvalue weighted by Gasteiger charge is 2.31. The van der Waals surface area contributed by atoms with Crippen LogP contribution in [0.25, 0.3) is 0 Å². The summed E-state index contributed by atoms with van der Waals surface area (Å²) in [5, 5.41) is 0. The van der Waals surface area contributed by atoms with Gasteiger partial charge in [-0.3, -0.25) is 9.59 Å². The van der Waals surface area contributed by atoms with Crippen LogP contribution in [-0.4, -0.2) is 11.6 Å². The number of hydrogen-bond acceptors (Lipinski definition) is 2. The van der Waals surface area contributed by atoms with Crippen LogP contribution < -0.4 is 0 Å². The third-order valence-corrected chi connectivity index (χ3v) is 3.70. The first-order chi connectivity index (χ1) is 6.77. The lowest BCUT2D eigenvalue weighted by atomic mass is 9.81. The molecule has 2 heteroatoms. The lowest BCUT2D eigenvalue weighted by Gasteiger charge is -2.22. The van der Waals surface area contributed by atoms with Crippen molar-refractivity contribution in [3.8, 4) is 0 Å². The van der Waals surface area contributed by atoms with E-state index < -0.39 is 0 Å². The van der Waals surface area contributed by atoms with Gasteiger partial charge in [0.05, 0.1) is 0 Å². The summed E-state index contributed by atoms with van der Waals surface area (Å²) in [6.07, 6.45) is 7.59. The summed E-state index contributed by atoms with van der Waals surface area (Å²) in [4.78, 5) is 23.0. The smallest absolute Gasteiger partial charge is 0.139 e. The lowest BCUT2D eigenvalue weighted by molar-refractivity contribution is -0.129. The molecule has 0 N–H and O–H groups in total. The first kappa shape index (κ1) is 9.88. The van der Waals surface area contributed by atoms with E-state index in [4.69, 9.17) is 0 Å². The van der Waals surface area contributed by atoms with Crippen molar-refractivity contribution in [2.24, 2.45) is 11.8 Å². The molecule has 14 heavy (non-hydrogen) atoms. The Bertz CT molecular complexity index is 229. The Morgan fingerprint density at radius 3 is 2.00 bits per heavy atom. The van der Waals surface area contributed by atoms with E-state index in [2.05, 4.69) is 0 Å². The Labute approximate surface area is 85.1 Å². The highest BCUT2D eigenvalue weighted by Crippen LogP contribution is 2.32. The van der Waals surface area contributed by atoms with Crippen LogP contribution in [-0.2, 0) is 9.59 Å². The van der Waals surface area contributed by atoms with E-state index in [0.29, 0.717) is 30.3 Å². The van der Waals surface area contributed by atoms with Gasteiger partial charge >= 0.3 is 0 Å². The Morgan fingerprint density at radius 2 is 1.43 bits per heavy atom. The Balaban J connectivity index is 1.88. The van der Waals surface area contributed by atoms with Gasteiger partial charge in [0, 0.05) is 24.7 Å². The van der Waals surface area contributed by atoms with Gasteiger partial charge in [-0.15, -0.1) is 0 Å². The van der Waals surface area contributed by atoms with Crippen molar-refractivity contribution >= 4 is 11.6 Å². The molecule has 0 bridgehead atoms. The maximum absolute atomic E-state index is 12.0. The van der Waals surface area contributed by atoms with Crippen molar-refractivity contribution in [1.82, 2.24) is 0 Å². The second kappa shape index (κ2) is 4.24. The maximum Gasteiger partial charge on any atom is 0.139 e. The largest absolute Gasteiger partial charge is 0.300 e. The Morgan fingerprint density at radius 1 is 0.929 bits per heavy atom. The van der Waals surface area contributed by atoms with Crippen molar-refractivity contribution in [3.63, 3.8) is 0 Å². The highest BCUT2D eigenvalue weighted by atomic mass is 16.1. The minimum atomic E-state index is 0.218. The monoisotopic (exact) mass is 194 g/mol. The zero-order chi connectivity index (χ0) is 9.97. The molecule has 78 valence electrons. The van der Waals surface area contributed by atoms with Crippen molar-refractivity contribution in [3.05, 3.63) is 0 Å². The molecule has 0 aromatic rings. The van der Waals surface area contributed by atoms with Gasteiger partial charge in [-0.25, -0.2) is 0 Å². The standard InChI is InChI=1S/C12H18O2/c13-11-7-5-10(6-8-11)12(14)9-3-1-2-4-9/h9-10H,1-8H2. The normalized spacial score (nSPS) is 25.6. The Hall–Kier alpha value is -0.660. The van der Waals surface area contributed by atoms with Gasteiger partial charge in [-0.2, -0.15) is 0 Å². The van der Waals surface area contributed by atoms with Crippen molar-refractivity contribution < 1.29 is 9.59 Å². The molecule has 0 unspecified atom stereocenters. The molecule has 0 aromatic heterocycles. The minimum absolute atomic E-state index is 0.218. The number of rotatable bonds is 2. The van der Waals surface area contributed by atoms with Gasteiger partial charge in [0.15, 0.2) is 0 Å². The third-order valence-electron chi connectivity index (χ3n) is 3.70. The SMILES string of the molecule is O=C1CCC(C(=O)C2CCCC2)CC1. The molecule has 2 fully saturated rings. The molecular formula is C12H18O2. The summed E-state index contributed by atoms with van der Waals surface area (Å²) in [5.74, 6) is 1.37. The zero-order valence-electron chi connectivity index (χ0n) is 8.63. The first-order valence-electron chi connectivity index (χ1n) is 5.83. The van der Waals surface area contributed by atoms with Crippen LogP contribution in [0.3, 0.4) is 0 Å². The molecule has 0 aliphatic heterocycles. The number of ketones is 2. The van der Waals surface area contributed by atoms with Gasteiger partial charge < -0.3 is 0 Å². The fourth-order valence-corrected chi connectivity index (χ4v) is 2.77. The first-order valence-corrected chi connectivity index (χ1v) is 5.83. The van der Waals surface area contributed by atoms with Crippen LogP contribution in [0.15, 0.2) is 0 Å². The van der Waals surface area contributed by atoms with Crippen LogP contribution in [0.2, 0.25) is 0 Å². The summed E-state index contributed by atoms with van der Waals surface area (Å²) in [7, 11) is 0. The van der Waals surface area contributed by atoms with E-state index in [1.807, 2.05) is 0 Å². The fraction of sp³-hybridized carbons (Fsp3) is 0.833. The van der Waals surface area contributed by atoms with Gasteiger partial charge in [-0.1, -0.05) is 12.8 Å². The van der Waals surface area contributed by atoms with Crippen LogP contribution in [0.1, 0.15) is 51.4 Å². The van der Waals surface area contributed by atoms with E-state index in [1.54, 1.807) is 0 Å². The van der Waals surface area contributed by atoms with Gasteiger partial charge in [-0.05, 0) is 25.7 Å². The second-order valence-electron chi connectivity index (χ2n) is 4.70. The average molecular weight is 194 g/mol. The fourth-order valence-electron chi connectivity index (χ4n) is 2.77. The van der Waals surface area contributed by atoms with Crippen molar-refractivity contribution in [2.75, 3.05) is 0 Å². The molecule has 2 aliphatic carbocycles. The summed E-state index contributed by atoms with van der Waals surface area (Å²) in [6, 6.07) is 0. The van der Waals surface area contributed by atoms with Gasteiger partial charge in [0.1, 0.15) is 11.6 Å². The quantitative estimate of drug-likeness (QED) is 0.676. The van der Waals surface area contributed by atoms with Crippen LogP contribution in [0.5, 0.6) is 0 Å². The van der Waals surface area contributed by atoms with Crippen LogP contribution in [0, 0.1) is 11.8 Å². The van der Waals surface area contributed by atoms with Crippen molar-refractivity contribution in [2.45, 2.75) is 51.4 Å². The zero-order valence-corrected chi connectivity index (χ0v) is 8.63. The number of hydrogen-bond donors (Lipinski definition) is 0. The molecule has 2 saturated carbocycles. The third kappa shape index (κ3) is 2.05. The second-order valence-corrected chi connectivity index (χ2v) is 4.70. The molecule has 0 radical (unpaired) electrons. The summed E-state index contributed by atoms with van der Waals surface area (Å²) in [6.45, 7) is 0. The molecule has 2 rings (SSSR count). The maximum atomic E-state index is 12.0. The average Bonchev–Trinajstić information content (AvgIpc) is 2.71. The van der Waals surface area contributed by atoms with E-state index in [-0.39, 0.29) is 5.92 Å². The molecule has 2 nitrogen and oxygen atoms in total. The number of Topliss-reactive ketones (excluding diaryl/α,β-unsaturated/α-hetero) is 2. The van der Waals surface area contributed by atoms with Crippen molar-refractivity contribution in [1.29, 1.82) is 0 Å². The molecule has 0 aromatic carbocycles. The number of carbonyl (C=O) groups excluding carboxylic acids is 2. The van der Waals surface area contributed by atoms with E-state index >= 15 is 0 Å². The highest BCUT2D eigenvalue weighted by molar-refractivity contribution is 5.87. The lowest BCUT2D eigenvalue weighted by Crippen LogP contribution is -2.26. The van der Waals surface area contributed by atoms with Gasteiger partial charge in [0.2, 0.25) is 0 Å². The topological polar surface area (TPSA) is 34.1 Å².